The van der Waals surface area contributed by atoms with E-state index in [1.165, 1.54) is 11.8 Å². The number of morpholine rings is 1. The number of Topliss-reactive ketones (excluding diaryl/α,β-unsaturated/α-hetero) is 1. The van der Waals surface area contributed by atoms with Gasteiger partial charge in [-0.05, 0) is 48.0 Å². The molecule has 37 heavy (non-hydrogen) atoms. The third-order valence-corrected chi connectivity index (χ3v) is 7.78. The lowest BCUT2D eigenvalue weighted by molar-refractivity contribution is 0.102. The van der Waals surface area contributed by atoms with Gasteiger partial charge >= 0.3 is 0 Å². The second kappa shape index (κ2) is 11.5. The topological polar surface area (TPSA) is 73.7 Å². The third-order valence-electron chi connectivity index (χ3n) is 6.28. The quantitative estimate of drug-likeness (QED) is 0.165. The van der Waals surface area contributed by atoms with E-state index in [1.54, 1.807) is 23.8 Å². The first-order valence-electron chi connectivity index (χ1n) is 11.9. The SMILES string of the molecule is COc1ccc(Cn2c(SCC(=O)c3ccc(Br)cc3)nc3ccc(N4CCOCC4)cc3c2=O)cc1. The molecule has 0 atom stereocenters. The summed E-state index contributed by atoms with van der Waals surface area (Å²) >= 11 is 4.68. The Kier molecular flexibility index (Phi) is 7.93. The molecule has 190 valence electrons. The minimum Gasteiger partial charge on any atom is -0.497 e. The Labute approximate surface area is 227 Å². The number of hydrogen-bond acceptors (Lipinski definition) is 7. The normalized spacial score (nSPS) is 13.6. The van der Waals surface area contributed by atoms with Crippen molar-refractivity contribution < 1.29 is 14.3 Å². The van der Waals surface area contributed by atoms with Crippen LogP contribution in [0.4, 0.5) is 5.69 Å². The monoisotopic (exact) mass is 579 g/mol. The van der Waals surface area contributed by atoms with E-state index in [1.807, 2.05) is 54.6 Å². The van der Waals surface area contributed by atoms with Crippen molar-refractivity contribution in [3.8, 4) is 5.75 Å². The van der Waals surface area contributed by atoms with Crippen LogP contribution in [-0.4, -0.2) is 54.5 Å². The van der Waals surface area contributed by atoms with Crippen LogP contribution in [-0.2, 0) is 11.3 Å². The smallest absolute Gasteiger partial charge is 0.262 e. The van der Waals surface area contributed by atoms with E-state index in [-0.39, 0.29) is 17.1 Å². The maximum atomic E-state index is 13.8. The summed E-state index contributed by atoms with van der Waals surface area (Å²) < 4.78 is 13.3. The van der Waals surface area contributed by atoms with Gasteiger partial charge in [0.2, 0.25) is 0 Å². The van der Waals surface area contributed by atoms with Gasteiger partial charge in [0.15, 0.2) is 10.9 Å². The maximum absolute atomic E-state index is 13.8. The van der Waals surface area contributed by atoms with Crippen molar-refractivity contribution in [1.29, 1.82) is 0 Å². The average molecular weight is 581 g/mol. The first-order chi connectivity index (χ1) is 18.0. The highest BCUT2D eigenvalue weighted by Crippen LogP contribution is 2.25. The predicted octanol–water partition coefficient (Wildman–Crippen LogP) is 5.03. The molecule has 1 aliphatic rings. The minimum absolute atomic E-state index is 0.0227. The van der Waals surface area contributed by atoms with Crippen molar-refractivity contribution in [2.24, 2.45) is 0 Å². The van der Waals surface area contributed by atoms with Gasteiger partial charge in [0.1, 0.15) is 5.75 Å². The van der Waals surface area contributed by atoms with Crippen LogP contribution in [0.2, 0.25) is 0 Å². The van der Waals surface area contributed by atoms with Gasteiger partial charge in [0.05, 0.1) is 43.5 Å². The van der Waals surface area contributed by atoms with E-state index >= 15 is 0 Å². The van der Waals surface area contributed by atoms with Crippen LogP contribution >= 0.6 is 27.7 Å². The molecule has 9 heteroatoms. The zero-order valence-corrected chi connectivity index (χ0v) is 22.8. The Morgan fingerprint density at radius 3 is 2.49 bits per heavy atom. The molecule has 5 rings (SSSR count). The lowest BCUT2D eigenvalue weighted by Gasteiger charge is -2.29. The van der Waals surface area contributed by atoms with Crippen LogP contribution in [0.25, 0.3) is 10.9 Å². The molecule has 0 N–H and O–H groups in total. The number of ketones is 1. The predicted molar refractivity (Wildman–Crippen MR) is 150 cm³/mol. The van der Waals surface area contributed by atoms with E-state index in [0.717, 1.165) is 34.6 Å². The molecule has 0 bridgehead atoms. The molecular formula is C28H26BrN3O4S. The summed E-state index contributed by atoms with van der Waals surface area (Å²) in [6.45, 7) is 3.23. The van der Waals surface area contributed by atoms with Gasteiger partial charge in [-0.25, -0.2) is 4.98 Å². The lowest BCUT2D eigenvalue weighted by Crippen LogP contribution is -2.36. The molecular weight excluding hydrogens is 554 g/mol. The molecule has 1 fully saturated rings. The van der Waals surface area contributed by atoms with E-state index < -0.39 is 0 Å². The zero-order chi connectivity index (χ0) is 25.8. The fraction of sp³-hybridized carbons (Fsp3) is 0.250. The summed E-state index contributed by atoms with van der Waals surface area (Å²) in [6.07, 6.45) is 0. The van der Waals surface area contributed by atoms with Gasteiger partial charge in [-0.1, -0.05) is 52.0 Å². The number of benzene rings is 3. The number of ether oxygens (including phenoxy) is 2. The number of carbonyl (C=O) groups is 1. The second-order valence-corrected chi connectivity index (χ2v) is 10.5. The van der Waals surface area contributed by atoms with Gasteiger partial charge in [-0.3, -0.25) is 14.2 Å². The Morgan fingerprint density at radius 2 is 1.78 bits per heavy atom. The van der Waals surface area contributed by atoms with Crippen LogP contribution in [0, 0.1) is 0 Å². The molecule has 0 amide bonds. The molecule has 0 spiro atoms. The van der Waals surface area contributed by atoms with Crippen molar-refractivity contribution >= 4 is 50.1 Å². The van der Waals surface area contributed by atoms with Gasteiger partial charge < -0.3 is 14.4 Å². The Morgan fingerprint density at radius 1 is 1.05 bits per heavy atom. The standard InChI is InChI=1S/C28H26BrN3O4S/c1-35-23-9-2-19(3-10-23)17-32-27(34)24-16-22(31-12-14-36-15-13-31)8-11-25(24)30-28(32)37-18-26(33)20-4-6-21(29)7-5-20/h2-11,16H,12-15,17-18H2,1H3. The first-order valence-corrected chi connectivity index (χ1v) is 13.7. The minimum atomic E-state index is -0.130. The molecule has 4 aromatic rings. The lowest BCUT2D eigenvalue weighted by atomic mass is 10.2. The third kappa shape index (κ3) is 5.89. The zero-order valence-electron chi connectivity index (χ0n) is 20.4. The number of hydrogen-bond donors (Lipinski definition) is 0. The summed E-state index contributed by atoms with van der Waals surface area (Å²) in [7, 11) is 1.62. The van der Waals surface area contributed by atoms with E-state index in [9.17, 15) is 9.59 Å². The summed E-state index contributed by atoms with van der Waals surface area (Å²) in [5, 5.41) is 1.07. The Bertz CT molecular complexity index is 1470. The molecule has 0 radical (unpaired) electrons. The van der Waals surface area contributed by atoms with Gasteiger partial charge in [-0.15, -0.1) is 0 Å². The molecule has 0 aliphatic carbocycles. The molecule has 1 saturated heterocycles. The van der Waals surface area contributed by atoms with E-state index in [4.69, 9.17) is 14.5 Å². The molecule has 7 nitrogen and oxygen atoms in total. The summed E-state index contributed by atoms with van der Waals surface area (Å²) in [5.41, 5.74) is 3.03. The Balaban J connectivity index is 1.50. The number of anilines is 1. The number of carbonyl (C=O) groups excluding carboxylic acids is 1. The van der Waals surface area contributed by atoms with Crippen LogP contribution in [0.3, 0.4) is 0 Å². The maximum Gasteiger partial charge on any atom is 0.262 e. The number of nitrogens with zero attached hydrogens (tertiary/aromatic N) is 3. The number of methoxy groups -OCH3 is 1. The summed E-state index contributed by atoms with van der Waals surface area (Å²) in [4.78, 5) is 33.7. The largest absolute Gasteiger partial charge is 0.497 e. The summed E-state index contributed by atoms with van der Waals surface area (Å²) in [6, 6.07) is 20.7. The first kappa shape index (κ1) is 25.5. The number of aromatic nitrogens is 2. The van der Waals surface area contributed by atoms with Gasteiger partial charge in [0.25, 0.3) is 5.56 Å². The van der Waals surface area contributed by atoms with Crippen LogP contribution in [0.15, 0.2) is 81.2 Å². The van der Waals surface area contributed by atoms with Crippen molar-refractivity contribution in [2.45, 2.75) is 11.7 Å². The second-order valence-electron chi connectivity index (χ2n) is 8.65. The highest BCUT2D eigenvalue weighted by molar-refractivity contribution is 9.10. The molecule has 1 aromatic heterocycles. The van der Waals surface area contributed by atoms with Crippen molar-refractivity contribution in [1.82, 2.24) is 9.55 Å². The molecule has 3 aromatic carbocycles. The fourth-order valence-corrected chi connectivity index (χ4v) is 5.38. The highest BCUT2D eigenvalue weighted by atomic mass is 79.9. The summed E-state index contributed by atoms with van der Waals surface area (Å²) in [5.74, 6) is 0.900. The van der Waals surface area contributed by atoms with Gasteiger partial charge in [-0.2, -0.15) is 0 Å². The fourth-order valence-electron chi connectivity index (χ4n) is 4.22. The van der Waals surface area contributed by atoms with E-state index in [2.05, 4.69) is 20.8 Å². The number of halogens is 1. The van der Waals surface area contributed by atoms with Crippen molar-refractivity contribution in [3.05, 3.63) is 92.7 Å². The molecule has 0 saturated carbocycles. The van der Waals surface area contributed by atoms with Crippen LogP contribution in [0.5, 0.6) is 5.75 Å². The average Bonchev–Trinajstić information content (AvgIpc) is 2.94. The number of thioether (sulfide) groups is 1. The highest BCUT2D eigenvalue weighted by Gasteiger charge is 2.17. The van der Waals surface area contributed by atoms with Crippen molar-refractivity contribution in [3.63, 3.8) is 0 Å². The van der Waals surface area contributed by atoms with Crippen molar-refractivity contribution in [2.75, 3.05) is 44.1 Å². The molecule has 2 heterocycles. The molecule has 1 aliphatic heterocycles. The number of rotatable bonds is 8. The number of fused-ring (bicyclic) bond motifs is 1. The van der Waals surface area contributed by atoms with Crippen LogP contribution < -0.4 is 15.2 Å². The van der Waals surface area contributed by atoms with Crippen LogP contribution in [0.1, 0.15) is 15.9 Å². The molecule has 0 unspecified atom stereocenters. The van der Waals surface area contributed by atoms with Gasteiger partial charge in [0, 0.05) is 28.8 Å². The Hall–Kier alpha value is -3.14. The van der Waals surface area contributed by atoms with E-state index in [0.29, 0.717) is 41.4 Å².